The van der Waals surface area contributed by atoms with E-state index < -0.39 is 5.41 Å². The molecule has 0 N–H and O–H groups in total. The monoisotopic (exact) mass is 574 g/mol. The van der Waals surface area contributed by atoms with E-state index in [2.05, 4.69) is 60.4 Å². The normalized spacial score (nSPS) is 20.2. The number of ketones is 1. The van der Waals surface area contributed by atoms with E-state index in [0.29, 0.717) is 22.6 Å². The minimum absolute atomic E-state index is 0.104. The van der Waals surface area contributed by atoms with Gasteiger partial charge >= 0.3 is 0 Å². The van der Waals surface area contributed by atoms with Crippen molar-refractivity contribution in [1.82, 2.24) is 0 Å². The zero-order valence-corrected chi connectivity index (χ0v) is 24.3. The summed E-state index contributed by atoms with van der Waals surface area (Å²) in [4.78, 5) is 21.7. The van der Waals surface area contributed by atoms with Gasteiger partial charge in [0.25, 0.3) is 0 Å². The number of aliphatic imine (C=N–C) groups is 1. The third kappa shape index (κ3) is 4.45. The Labute approximate surface area is 254 Å². The molecule has 6 heteroatoms. The maximum atomic E-state index is 13.9. The number of nitriles is 2. The van der Waals surface area contributed by atoms with E-state index in [0.717, 1.165) is 49.4 Å². The lowest BCUT2D eigenvalue weighted by Gasteiger charge is -2.26. The van der Waals surface area contributed by atoms with Crippen molar-refractivity contribution in [2.24, 2.45) is 10.9 Å². The lowest BCUT2D eigenvalue weighted by atomic mass is 9.76. The molecule has 5 aromatic rings. The molecule has 206 valence electrons. The van der Waals surface area contributed by atoms with Crippen LogP contribution in [0.25, 0.3) is 27.6 Å². The van der Waals surface area contributed by atoms with Gasteiger partial charge in [-0.1, -0.05) is 61.5 Å². The standard InChI is InChI=1S/C37H26N4OS/c1-24-10-14-34(40-22-24)41(29-12-11-25-6-2-3-7-26(25)18-29)35-15-13-30(43-35)21-33-36(42)31-19-27-8-4-5-9-28(27)20-32(31)37(33,23-39)16-17-38/h2-9,11-15,18-22,24H,10,16H2,1H3/b33-21-/t24-,37?/m0/s1. The topological polar surface area (TPSA) is 80.2 Å². The van der Waals surface area contributed by atoms with E-state index in [-0.39, 0.29) is 12.2 Å². The van der Waals surface area contributed by atoms with E-state index in [1.165, 1.54) is 11.3 Å². The lowest BCUT2D eigenvalue weighted by molar-refractivity contribution is 0.103. The van der Waals surface area contributed by atoms with Crippen molar-refractivity contribution in [3.05, 3.63) is 124 Å². The fraction of sp³-hybridized carbons (Fsp3) is 0.135. The Morgan fingerprint density at radius 2 is 1.67 bits per heavy atom. The number of rotatable bonds is 5. The quantitative estimate of drug-likeness (QED) is 0.196. The molecule has 2 heterocycles. The molecule has 4 aromatic carbocycles. The second kappa shape index (κ2) is 10.5. The van der Waals surface area contributed by atoms with Crippen molar-refractivity contribution in [1.29, 1.82) is 10.5 Å². The zero-order chi connectivity index (χ0) is 29.6. The molecule has 0 spiro atoms. The summed E-state index contributed by atoms with van der Waals surface area (Å²) >= 11 is 1.53. The molecule has 2 atom stereocenters. The van der Waals surface area contributed by atoms with Gasteiger partial charge in [-0.2, -0.15) is 10.5 Å². The predicted octanol–water partition coefficient (Wildman–Crippen LogP) is 9.10. The SMILES string of the molecule is C[C@@H]1C=NC(N(c2ccc3ccccc3c2)c2ccc(/C=C3/C(=O)c4cc5ccccc5cc4C3(C#N)CC#N)s2)=CC1. The molecule has 2 aliphatic rings. The number of allylic oxidation sites excluding steroid dienone is 2. The first kappa shape index (κ1) is 26.6. The van der Waals surface area contributed by atoms with Gasteiger partial charge < -0.3 is 0 Å². The van der Waals surface area contributed by atoms with Crippen LogP contribution in [0.2, 0.25) is 0 Å². The molecule has 0 bridgehead atoms. The zero-order valence-electron chi connectivity index (χ0n) is 23.5. The molecule has 0 fully saturated rings. The number of hydrogen-bond acceptors (Lipinski definition) is 6. The number of thiophene rings is 1. The second-order valence-corrected chi connectivity index (χ2v) is 12.2. The molecule has 5 nitrogen and oxygen atoms in total. The molecule has 0 amide bonds. The summed E-state index contributed by atoms with van der Waals surface area (Å²) in [6.45, 7) is 2.15. The van der Waals surface area contributed by atoms with Gasteiger partial charge in [-0.05, 0) is 88.0 Å². The fourth-order valence-corrected chi connectivity index (χ4v) is 7.03. The highest BCUT2D eigenvalue weighted by atomic mass is 32.1. The number of Topliss-reactive ketones (excluding diaryl/α,β-unsaturated/α-hetero) is 1. The van der Waals surface area contributed by atoms with E-state index >= 15 is 0 Å². The first-order chi connectivity index (χ1) is 21.0. The minimum Gasteiger partial charge on any atom is -0.289 e. The molecule has 0 radical (unpaired) electrons. The van der Waals surface area contributed by atoms with E-state index in [1.807, 2.05) is 66.9 Å². The Hall–Kier alpha value is -5.30. The number of benzene rings is 4. The van der Waals surface area contributed by atoms with Gasteiger partial charge in [0.15, 0.2) is 5.78 Å². The maximum absolute atomic E-state index is 13.9. The average molecular weight is 575 g/mol. The van der Waals surface area contributed by atoms with Crippen molar-refractivity contribution < 1.29 is 4.79 Å². The van der Waals surface area contributed by atoms with Gasteiger partial charge in [0, 0.05) is 27.9 Å². The van der Waals surface area contributed by atoms with Crippen LogP contribution in [-0.2, 0) is 5.41 Å². The number of anilines is 2. The van der Waals surface area contributed by atoms with E-state index in [9.17, 15) is 15.3 Å². The minimum atomic E-state index is -1.33. The van der Waals surface area contributed by atoms with Crippen LogP contribution in [0, 0.1) is 28.6 Å². The Morgan fingerprint density at radius 1 is 0.953 bits per heavy atom. The smallest absolute Gasteiger partial charge is 0.191 e. The van der Waals surface area contributed by atoms with Crippen LogP contribution in [0.3, 0.4) is 0 Å². The molecule has 1 aliphatic heterocycles. The van der Waals surface area contributed by atoms with Gasteiger partial charge in [0.2, 0.25) is 0 Å². The predicted molar refractivity (Wildman–Crippen MR) is 175 cm³/mol. The maximum Gasteiger partial charge on any atom is 0.191 e. The summed E-state index contributed by atoms with van der Waals surface area (Å²) in [5, 5.41) is 25.4. The number of nitrogens with zero attached hydrogens (tertiary/aromatic N) is 4. The fourth-order valence-electron chi connectivity index (χ4n) is 6.05. The van der Waals surface area contributed by atoms with Crippen molar-refractivity contribution >= 4 is 61.6 Å². The molecule has 43 heavy (non-hydrogen) atoms. The van der Waals surface area contributed by atoms with Crippen molar-refractivity contribution in [3.63, 3.8) is 0 Å². The number of fused-ring (bicyclic) bond motifs is 3. The van der Waals surface area contributed by atoms with Gasteiger partial charge in [-0.25, -0.2) is 4.99 Å². The van der Waals surface area contributed by atoms with Crippen molar-refractivity contribution in [2.75, 3.05) is 4.90 Å². The number of hydrogen-bond donors (Lipinski definition) is 0. The molecule has 7 rings (SSSR count). The summed E-state index contributed by atoms with van der Waals surface area (Å²) in [5.41, 5.74) is 1.10. The summed E-state index contributed by atoms with van der Waals surface area (Å²) in [6, 6.07) is 34.8. The Balaban J connectivity index is 1.34. The largest absolute Gasteiger partial charge is 0.289 e. The third-order valence-corrected chi connectivity index (χ3v) is 9.32. The summed E-state index contributed by atoms with van der Waals surface area (Å²) in [7, 11) is 0. The van der Waals surface area contributed by atoms with Gasteiger partial charge in [0.05, 0.1) is 18.6 Å². The molecular weight excluding hydrogens is 549 g/mol. The van der Waals surface area contributed by atoms with E-state index in [1.54, 1.807) is 6.08 Å². The summed E-state index contributed by atoms with van der Waals surface area (Å²) in [6.07, 6.45) is 6.74. The van der Waals surface area contributed by atoms with Crippen LogP contribution < -0.4 is 4.90 Å². The Kier molecular flexibility index (Phi) is 6.50. The first-order valence-corrected chi connectivity index (χ1v) is 15.0. The molecule has 0 saturated carbocycles. The lowest BCUT2D eigenvalue weighted by Crippen LogP contribution is -2.23. The molecular formula is C37H26N4OS. The van der Waals surface area contributed by atoms with Crippen LogP contribution >= 0.6 is 11.3 Å². The summed E-state index contributed by atoms with van der Waals surface area (Å²) in [5.74, 6) is 1.02. The third-order valence-electron chi connectivity index (χ3n) is 8.30. The molecule has 1 unspecified atom stereocenters. The van der Waals surface area contributed by atoms with Crippen LogP contribution in [0.1, 0.15) is 40.6 Å². The molecule has 1 aliphatic carbocycles. The van der Waals surface area contributed by atoms with Gasteiger partial charge in [-0.15, -0.1) is 11.3 Å². The van der Waals surface area contributed by atoms with Crippen LogP contribution in [0.4, 0.5) is 10.7 Å². The van der Waals surface area contributed by atoms with Crippen LogP contribution in [0.15, 0.2) is 113 Å². The number of carbonyl (C=O) groups is 1. The Bertz CT molecular complexity index is 2120. The highest BCUT2D eigenvalue weighted by Gasteiger charge is 2.49. The molecule has 1 aromatic heterocycles. The van der Waals surface area contributed by atoms with E-state index in [4.69, 9.17) is 4.99 Å². The summed E-state index contributed by atoms with van der Waals surface area (Å²) < 4.78 is 0. The van der Waals surface area contributed by atoms with Crippen LogP contribution in [0.5, 0.6) is 0 Å². The Morgan fingerprint density at radius 3 is 2.37 bits per heavy atom. The van der Waals surface area contributed by atoms with Crippen molar-refractivity contribution in [3.8, 4) is 12.1 Å². The van der Waals surface area contributed by atoms with Gasteiger partial charge in [0.1, 0.15) is 16.2 Å². The number of carbonyl (C=O) groups excluding carboxylic acids is 1. The average Bonchev–Trinajstić information content (AvgIpc) is 3.58. The molecule has 0 saturated heterocycles. The van der Waals surface area contributed by atoms with Gasteiger partial charge in [-0.3, -0.25) is 9.69 Å². The van der Waals surface area contributed by atoms with Crippen molar-refractivity contribution in [2.45, 2.75) is 25.2 Å². The highest BCUT2D eigenvalue weighted by molar-refractivity contribution is 7.17. The van der Waals surface area contributed by atoms with Crippen LogP contribution in [-0.4, -0.2) is 12.0 Å². The highest BCUT2D eigenvalue weighted by Crippen LogP contribution is 2.48. The first-order valence-electron chi connectivity index (χ1n) is 14.2. The second-order valence-electron chi connectivity index (χ2n) is 11.1.